The highest BCUT2D eigenvalue weighted by Gasteiger charge is 2.07. The van der Waals surface area contributed by atoms with Crippen molar-refractivity contribution in [3.63, 3.8) is 0 Å². The minimum atomic E-state index is -0.296. The third-order valence-corrected chi connectivity index (χ3v) is 3.25. The molecule has 0 atom stereocenters. The molecule has 0 bridgehead atoms. The first-order chi connectivity index (χ1) is 9.69. The molecule has 20 heavy (non-hydrogen) atoms. The minimum absolute atomic E-state index is 0.296. The Hall–Kier alpha value is -2.18. The largest absolute Gasteiger partial charge is 0.302 e. The summed E-state index contributed by atoms with van der Waals surface area (Å²) >= 11 is 0. The SMILES string of the molecule is CN(CCc1ccccc1)Cc1cc(F)ccc1C#N. The Bertz CT molecular complexity index is 602. The molecule has 0 saturated carbocycles. The zero-order valence-corrected chi connectivity index (χ0v) is 11.5. The average Bonchev–Trinajstić information content (AvgIpc) is 2.46. The first-order valence-corrected chi connectivity index (χ1v) is 6.60. The highest BCUT2D eigenvalue weighted by atomic mass is 19.1. The number of halogens is 1. The van der Waals surface area contributed by atoms with Gasteiger partial charge in [-0.15, -0.1) is 0 Å². The Morgan fingerprint density at radius 1 is 1.15 bits per heavy atom. The predicted molar refractivity (Wildman–Crippen MR) is 77.6 cm³/mol. The molecule has 0 heterocycles. The van der Waals surface area contributed by atoms with E-state index in [0.29, 0.717) is 12.1 Å². The zero-order valence-electron chi connectivity index (χ0n) is 11.5. The van der Waals surface area contributed by atoms with E-state index in [1.807, 2.05) is 25.2 Å². The molecule has 0 fully saturated rings. The van der Waals surface area contributed by atoms with Gasteiger partial charge in [-0.3, -0.25) is 0 Å². The highest BCUT2D eigenvalue weighted by Crippen LogP contribution is 2.13. The maximum Gasteiger partial charge on any atom is 0.123 e. The van der Waals surface area contributed by atoms with E-state index in [-0.39, 0.29) is 5.82 Å². The molecule has 0 aromatic heterocycles. The van der Waals surface area contributed by atoms with Crippen molar-refractivity contribution in [2.24, 2.45) is 0 Å². The van der Waals surface area contributed by atoms with E-state index < -0.39 is 0 Å². The number of likely N-dealkylation sites (N-methyl/N-ethyl adjacent to an activating group) is 1. The number of hydrogen-bond acceptors (Lipinski definition) is 2. The van der Waals surface area contributed by atoms with Crippen molar-refractivity contribution < 1.29 is 4.39 Å². The van der Waals surface area contributed by atoms with Crippen LogP contribution in [0.25, 0.3) is 0 Å². The van der Waals surface area contributed by atoms with Gasteiger partial charge >= 0.3 is 0 Å². The molecular weight excluding hydrogens is 251 g/mol. The maximum absolute atomic E-state index is 13.3. The van der Waals surface area contributed by atoms with Gasteiger partial charge in [-0.05, 0) is 42.8 Å². The average molecular weight is 268 g/mol. The summed E-state index contributed by atoms with van der Waals surface area (Å²) in [5, 5.41) is 9.04. The lowest BCUT2D eigenvalue weighted by atomic mass is 10.1. The monoisotopic (exact) mass is 268 g/mol. The van der Waals surface area contributed by atoms with E-state index in [2.05, 4.69) is 23.1 Å². The van der Waals surface area contributed by atoms with Gasteiger partial charge in [-0.1, -0.05) is 30.3 Å². The van der Waals surface area contributed by atoms with Crippen LogP contribution in [0.1, 0.15) is 16.7 Å². The van der Waals surface area contributed by atoms with Crippen molar-refractivity contribution >= 4 is 0 Å². The second kappa shape index (κ2) is 6.83. The Balaban J connectivity index is 1.96. The van der Waals surface area contributed by atoms with E-state index >= 15 is 0 Å². The van der Waals surface area contributed by atoms with Gasteiger partial charge in [0, 0.05) is 13.1 Å². The number of nitriles is 1. The summed E-state index contributed by atoms with van der Waals surface area (Å²) in [5.74, 6) is -0.296. The van der Waals surface area contributed by atoms with E-state index in [1.165, 1.54) is 23.8 Å². The number of nitrogens with zero attached hydrogens (tertiary/aromatic N) is 2. The fraction of sp³-hybridized carbons (Fsp3) is 0.235. The molecule has 102 valence electrons. The lowest BCUT2D eigenvalue weighted by molar-refractivity contribution is 0.330. The van der Waals surface area contributed by atoms with Crippen LogP contribution in [0.4, 0.5) is 4.39 Å². The van der Waals surface area contributed by atoms with Crippen molar-refractivity contribution in [3.05, 3.63) is 71.0 Å². The van der Waals surface area contributed by atoms with Crippen molar-refractivity contribution in [3.8, 4) is 6.07 Å². The van der Waals surface area contributed by atoms with E-state index in [1.54, 1.807) is 0 Å². The van der Waals surface area contributed by atoms with E-state index in [0.717, 1.165) is 18.5 Å². The van der Waals surface area contributed by atoms with Gasteiger partial charge in [0.15, 0.2) is 0 Å². The van der Waals surface area contributed by atoms with Crippen molar-refractivity contribution in [1.29, 1.82) is 5.26 Å². The molecule has 0 aliphatic heterocycles. The van der Waals surface area contributed by atoms with Gasteiger partial charge in [0.2, 0.25) is 0 Å². The number of benzene rings is 2. The van der Waals surface area contributed by atoms with Crippen LogP contribution in [0.15, 0.2) is 48.5 Å². The van der Waals surface area contributed by atoms with Gasteiger partial charge in [-0.25, -0.2) is 4.39 Å². The molecule has 0 saturated heterocycles. The number of hydrogen-bond donors (Lipinski definition) is 0. The molecule has 0 unspecified atom stereocenters. The summed E-state index contributed by atoms with van der Waals surface area (Å²) in [6.07, 6.45) is 0.939. The molecule has 0 N–H and O–H groups in total. The molecule has 0 spiro atoms. The van der Waals surface area contributed by atoms with Crippen LogP contribution in [0, 0.1) is 17.1 Å². The number of rotatable bonds is 5. The van der Waals surface area contributed by atoms with Crippen molar-refractivity contribution in [1.82, 2.24) is 4.90 Å². The minimum Gasteiger partial charge on any atom is -0.302 e. The second-order valence-corrected chi connectivity index (χ2v) is 4.89. The second-order valence-electron chi connectivity index (χ2n) is 4.89. The standard InChI is InChI=1S/C17H17FN2/c1-20(10-9-14-5-3-2-4-6-14)13-16-11-17(18)8-7-15(16)12-19/h2-8,11H,9-10,13H2,1H3. The Kier molecular flexibility index (Phi) is 4.86. The maximum atomic E-state index is 13.3. The molecule has 2 nitrogen and oxygen atoms in total. The fourth-order valence-electron chi connectivity index (χ4n) is 2.14. The summed E-state index contributed by atoms with van der Waals surface area (Å²) in [6.45, 7) is 1.44. The first kappa shape index (κ1) is 14.2. The van der Waals surface area contributed by atoms with Gasteiger partial charge in [0.25, 0.3) is 0 Å². The lowest BCUT2D eigenvalue weighted by Crippen LogP contribution is -2.21. The van der Waals surface area contributed by atoms with Crippen LogP contribution in [0.2, 0.25) is 0 Å². The van der Waals surface area contributed by atoms with Crippen LogP contribution < -0.4 is 0 Å². The molecule has 0 amide bonds. The molecule has 2 aromatic carbocycles. The lowest BCUT2D eigenvalue weighted by Gasteiger charge is -2.17. The topological polar surface area (TPSA) is 27.0 Å². The Morgan fingerprint density at radius 2 is 1.90 bits per heavy atom. The molecule has 2 rings (SSSR count). The first-order valence-electron chi connectivity index (χ1n) is 6.60. The summed E-state index contributed by atoms with van der Waals surface area (Å²) in [4.78, 5) is 2.10. The van der Waals surface area contributed by atoms with Gasteiger partial charge < -0.3 is 4.90 Å². The van der Waals surface area contributed by atoms with Crippen LogP contribution >= 0.6 is 0 Å². The summed E-state index contributed by atoms with van der Waals surface area (Å²) < 4.78 is 13.3. The molecule has 3 heteroatoms. The van der Waals surface area contributed by atoms with E-state index in [4.69, 9.17) is 5.26 Å². The molecule has 0 aliphatic rings. The Labute approximate surface area is 119 Å². The zero-order chi connectivity index (χ0) is 14.4. The summed E-state index contributed by atoms with van der Waals surface area (Å²) in [5.41, 5.74) is 2.56. The summed E-state index contributed by atoms with van der Waals surface area (Å²) in [6, 6.07) is 16.6. The summed E-state index contributed by atoms with van der Waals surface area (Å²) in [7, 11) is 1.98. The van der Waals surface area contributed by atoms with Crippen molar-refractivity contribution in [2.45, 2.75) is 13.0 Å². The van der Waals surface area contributed by atoms with Crippen LogP contribution in [-0.4, -0.2) is 18.5 Å². The quantitative estimate of drug-likeness (QED) is 0.831. The van der Waals surface area contributed by atoms with Crippen LogP contribution in [-0.2, 0) is 13.0 Å². The van der Waals surface area contributed by atoms with Crippen LogP contribution in [0.5, 0.6) is 0 Å². The highest BCUT2D eigenvalue weighted by molar-refractivity contribution is 5.37. The normalized spacial score (nSPS) is 10.5. The smallest absolute Gasteiger partial charge is 0.123 e. The van der Waals surface area contributed by atoms with Gasteiger partial charge in [0.05, 0.1) is 11.6 Å². The third kappa shape index (κ3) is 3.91. The fourth-order valence-corrected chi connectivity index (χ4v) is 2.14. The molecular formula is C17H17FN2. The molecule has 2 aromatic rings. The third-order valence-electron chi connectivity index (χ3n) is 3.25. The van der Waals surface area contributed by atoms with Gasteiger partial charge in [0.1, 0.15) is 5.82 Å². The van der Waals surface area contributed by atoms with Crippen LogP contribution in [0.3, 0.4) is 0 Å². The predicted octanol–water partition coefficient (Wildman–Crippen LogP) is 3.37. The molecule has 0 aliphatic carbocycles. The van der Waals surface area contributed by atoms with Crippen molar-refractivity contribution in [2.75, 3.05) is 13.6 Å². The molecule has 0 radical (unpaired) electrons. The van der Waals surface area contributed by atoms with E-state index in [9.17, 15) is 4.39 Å². The van der Waals surface area contributed by atoms with Gasteiger partial charge in [-0.2, -0.15) is 5.26 Å². The Morgan fingerprint density at radius 3 is 2.60 bits per heavy atom.